The Hall–Kier alpha value is -7.97. The molecule has 71 heavy (non-hydrogen) atoms. The second kappa shape index (κ2) is 19.1. The van der Waals surface area contributed by atoms with E-state index in [-0.39, 0.29) is 66.0 Å². The molecule has 1 unspecified atom stereocenters. The number of aryl methyl sites for hydroxylation is 1. The summed E-state index contributed by atoms with van der Waals surface area (Å²) >= 11 is 0. The van der Waals surface area contributed by atoms with Crippen LogP contribution in [0.2, 0.25) is 0 Å². The molecule has 0 bridgehead atoms. The molecule has 0 saturated carbocycles. The number of methoxy groups -OCH3 is 1. The monoisotopic (exact) mass is 984 g/mol. The molecule has 1 amide bonds. The lowest BCUT2D eigenvalue weighted by atomic mass is 9.81. The predicted octanol–water partition coefficient (Wildman–Crippen LogP) is 3.99. The van der Waals surface area contributed by atoms with Gasteiger partial charge in [0.2, 0.25) is 12.4 Å². The van der Waals surface area contributed by atoms with Crippen LogP contribution in [-0.4, -0.2) is 93.3 Å². The number of hydrogen-bond acceptors (Lipinski definition) is 19. The molecule has 23 heteroatoms. The average Bonchev–Trinajstić information content (AvgIpc) is 3.69. The minimum atomic E-state index is -2.11. The molecule has 0 spiro atoms. The highest BCUT2D eigenvalue weighted by Gasteiger charge is 2.56. The molecule has 4 aliphatic rings. The van der Waals surface area contributed by atoms with Crippen molar-refractivity contribution in [3.05, 3.63) is 95.6 Å². The van der Waals surface area contributed by atoms with Crippen LogP contribution in [0.25, 0.3) is 22.3 Å². The van der Waals surface area contributed by atoms with Gasteiger partial charge in [0.05, 0.1) is 53.5 Å². The molecule has 2 N–H and O–H groups in total. The Morgan fingerprint density at radius 2 is 1.73 bits per heavy atom. The lowest BCUT2D eigenvalue weighted by Crippen LogP contribution is -2.64. The number of esters is 5. The van der Waals surface area contributed by atoms with Gasteiger partial charge in [-0.05, 0) is 55.0 Å². The van der Waals surface area contributed by atoms with E-state index < -0.39 is 112 Å². The number of carbonyl (C=O) groups is 6. The molecule has 372 valence electrons. The van der Waals surface area contributed by atoms with E-state index in [4.69, 9.17) is 49.3 Å². The number of nitrogens with one attached hydrogen (secondary N) is 1. The van der Waals surface area contributed by atoms with Crippen LogP contribution in [0.5, 0.6) is 5.75 Å². The van der Waals surface area contributed by atoms with Crippen LogP contribution in [0.3, 0.4) is 0 Å². The van der Waals surface area contributed by atoms with E-state index in [1.165, 1.54) is 22.8 Å². The Kier molecular flexibility index (Phi) is 13.3. The van der Waals surface area contributed by atoms with Gasteiger partial charge in [0.15, 0.2) is 29.7 Å². The highest BCUT2D eigenvalue weighted by molar-refractivity contribution is 5.94. The lowest BCUT2D eigenvalue weighted by Gasteiger charge is -2.43. The van der Waals surface area contributed by atoms with Crippen molar-refractivity contribution in [1.29, 1.82) is 0 Å². The number of benzene rings is 2. The number of nitro groups is 1. The number of nitrogens with zero attached hydrogens (tertiary/aromatic N) is 3. The van der Waals surface area contributed by atoms with Crippen molar-refractivity contribution in [3.8, 4) is 29.5 Å². The van der Waals surface area contributed by atoms with Gasteiger partial charge < -0.3 is 52.9 Å². The molecule has 4 aromatic rings. The number of fused-ring (bicyclic) bond motifs is 5. The number of amides is 1. The molecule has 0 radical (unpaired) electrons. The fourth-order valence-electron chi connectivity index (χ4n) is 9.62. The average molecular weight is 985 g/mol. The van der Waals surface area contributed by atoms with Gasteiger partial charge in [0.25, 0.3) is 5.56 Å². The van der Waals surface area contributed by atoms with Crippen LogP contribution in [0, 0.1) is 35.2 Å². The Labute approximate surface area is 401 Å². The number of pyridine rings is 2. The van der Waals surface area contributed by atoms with E-state index in [9.17, 15) is 48.8 Å². The molecule has 1 saturated heterocycles. The maximum absolute atomic E-state index is 15.5. The molecule has 1 fully saturated rings. The Morgan fingerprint density at radius 3 is 2.38 bits per heavy atom. The summed E-state index contributed by atoms with van der Waals surface area (Å²) in [6, 6.07) is 5.31. The van der Waals surface area contributed by atoms with Crippen LogP contribution in [0.15, 0.2) is 35.1 Å². The summed E-state index contributed by atoms with van der Waals surface area (Å²) in [6.07, 6.45) is -5.61. The van der Waals surface area contributed by atoms with E-state index in [0.29, 0.717) is 34.1 Å². The molecule has 1 aliphatic carbocycles. The highest BCUT2D eigenvalue weighted by atomic mass is 19.1. The predicted molar refractivity (Wildman–Crippen MR) is 237 cm³/mol. The first-order chi connectivity index (χ1) is 33.7. The summed E-state index contributed by atoms with van der Waals surface area (Å²) in [4.78, 5) is 107. The molecule has 8 rings (SSSR count). The normalized spacial score (nSPS) is 23.1. The number of halogens is 1. The molecule has 5 heterocycles. The number of rotatable bonds is 12. The van der Waals surface area contributed by atoms with Crippen molar-refractivity contribution in [2.45, 2.75) is 122 Å². The zero-order valence-electron chi connectivity index (χ0n) is 38.9. The first kappa shape index (κ1) is 49.5. The number of ether oxygens (including phenoxy) is 8. The van der Waals surface area contributed by atoms with Gasteiger partial charge in [-0.3, -0.25) is 29.3 Å². The third-order valence-corrected chi connectivity index (χ3v) is 12.9. The molecule has 8 atom stereocenters. The number of aromatic nitrogens is 2. The van der Waals surface area contributed by atoms with Crippen molar-refractivity contribution < 1.29 is 81.1 Å². The first-order valence-electron chi connectivity index (χ1n) is 22.1. The van der Waals surface area contributed by atoms with E-state index in [2.05, 4.69) is 11.2 Å². The van der Waals surface area contributed by atoms with Gasteiger partial charge in [0, 0.05) is 55.0 Å². The molecule has 3 aliphatic heterocycles. The number of carbonyl (C=O) groups excluding carboxylic acids is 6. The van der Waals surface area contributed by atoms with Gasteiger partial charge in [-0.15, -0.1) is 12.3 Å². The topological polar surface area (TPSA) is 287 Å². The Bertz CT molecular complexity index is 3070. The second-order valence-electron chi connectivity index (χ2n) is 17.1. The maximum atomic E-state index is 15.5. The highest BCUT2D eigenvalue weighted by Crippen LogP contribution is 2.46. The molecule has 22 nitrogen and oxygen atoms in total. The van der Waals surface area contributed by atoms with Crippen LogP contribution in [0.4, 0.5) is 14.9 Å². The largest absolute Gasteiger partial charge is 0.467 e. The van der Waals surface area contributed by atoms with Crippen molar-refractivity contribution in [3.63, 3.8) is 0 Å². The first-order valence-corrected chi connectivity index (χ1v) is 22.1. The summed E-state index contributed by atoms with van der Waals surface area (Å²) in [7, 11) is 0.981. The third-order valence-electron chi connectivity index (χ3n) is 12.9. The number of hydrogen-bond donors (Lipinski definition) is 2. The zero-order chi connectivity index (χ0) is 51.4. The van der Waals surface area contributed by atoms with E-state index in [0.717, 1.165) is 40.0 Å². The van der Waals surface area contributed by atoms with Gasteiger partial charge in [-0.1, -0.05) is 13.0 Å². The van der Waals surface area contributed by atoms with E-state index in [1.54, 1.807) is 13.8 Å². The number of aliphatic hydroxyl groups is 1. The quantitative estimate of drug-likeness (QED) is 0.0587. The summed E-state index contributed by atoms with van der Waals surface area (Å²) in [5.74, 6) is -3.61. The molecule has 2 aromatic heterocycles. The van der Waals surface area contributed by atoms with Crippen molar-refractivity contribution in [1.82, 2.24) is 14.9 Å². The van der Waals surface area contributed by atoms with Crippen molar-refractivity contribution >= 4 is 52.5 Å². The van der Waals surface area contributed by atoms with Crippen LogP contribution < -0.4 is 15.6 Å². The summed E-state index contributed by atoms with van der Waals surface area (Å²) in [6.45, 7) is 5.75. The van der Waals surface area contributed by atoms with Crippen LogP contribution in [-0.2, 0) is 82.3 Å². The SMILES string of the molecule is C#CCC(OC(=O)N[C@H]1CCc2c(C)c(F)cc3nc4c(c1c23)Cn1c-4cc2c(c1=O)COC(=O)[C@]2(O)CC)c1ccc(O[C@@H]2O[C@H](C(=O)OC)[C@@H](OC(C)=O)[C@H](OC(C)=O)[C@H]2OC(C)=O)c([N+](=O)[O-])c1. The number of nitro benzene ring substituents is 1. The second-order valence-corrected chi connectivity index (χ2v) is 17.1. The van der Waals surface area contributed by atoms with E-state index >= 15 is 4.39 Å². The number of cyclic esters (lactones) is 1. The maximum Gasteiger partial charge on any atom is 0.408 e. The van der Waals surface area contributed by atoms with Gasteiger partial charge in [-0.2, -0.15) is 0 Å². The van der Waals surface area contributed by atoms with Crippen molar-refractivity contribution in [2.75, 3.05) is 7.11 Å². The van der Waals surface area contributed by atoms with Crippen LogP contribution >= 0.6 is 0 Å². The van der Waals surface area contributed by atoms with Crippen molar-refractivity contribution in [2.24, 2.45) is 0 Å². The molecular weight excluding hydrogens is 940 g/mol. The summed E-state index contributed by atoms with van der Waals surface area (Å²) < 4.78 is 60.4. The van der Waals surface area contributed by atoms with Gasteiger partial charge in [-0.25, -0.2) is 23.8 Å². The molecule has 2 aromatic carbocycles. The smallest absolute Gasteiger partial charge is 0.408 e. The Balaban J connectivity index is 1.11. The lowest BCUT2D eigenvalue weighted by molar-refractivity contribution is -0.387. The minimum absolute atomic E-state index is 0.0129. The number of alkyl carbamates (subject to hydrolysis) is 1. The van der Waals surface area contributed by atoms with Crippen LogP contribution in [0.1, 0.15) is 98.0 Å². The summed E-state index contributed by atoms with van der Waals surface area (Å²) in [5, 5.41) is 27.5. The number of terminal acetylenes is 1. The molecular formula is C48H45FN4O18. The fourth-order valence-corrected chi connectivity index (χ4v) is 9.62. The third kappa shape index (κ3) is 8.84. The fraction of sp³-hybridized carbons (Fsp3) is 0.417. The standard InChI is InChI=1S/C48H45FN4O18/c1-8-10-34(24-11-14-35(32(15-24)53(62)63)69-45-42(68-23(6)56)40(67-22(5)55)39(66-21(4)54)41(71-45)44(58)64-7)70-47(60)51-30-13-12-25-20(3)29(49)17-31-36(25)37(30)26-18-52-33(38(26)50-31)16-28-27(43(52)57)19-65-46(59)48(28,61)9-2/h1,11,14-17,30,34,39-42,45,61H,9-10,12-13,18-19H2,2-7H3,(H,51,60)/t30-,34?,39-,40-,41-,42+,45+,48-/m0/s1. The summed E-state index contributed by atoms with van der Waals surface area (Å²) in [5.41, 5.74) is -0.408. The zero-order valence-corrected chi connectivity index (χ0v) is 38.9. The van der Waals surface area contributed by atoms with Gasteiger partial charge >= 0.3 is 41.6 Å². The van der Waals surface area contributed by atoms with Gasteiger partial charge in [0.1, 0.15) is 18.5 Å². The van der Waals surface area contributed by atoms with E-state index in [1.807, 2.05) is 0 Å². The minimum Gasteiger partial charge on any atom is -0.467 e. The Morgan fingerprint density at radius 1 is 1.04 bits per heavy atom.